The Bertz CT molecular complexity index is 2030. The Balaban J connectivity index is 0.000000155. The molecule has 0 atom stereocenters. The average molecular weight is 805 g/mol. The third kappa shape index (κ3) is 7.03. The first-order chi connectivity index (χ1) is 22.8. The SMILES string of the molecule is CC(=O)/C=C(/C)O.O=C1c2cc(-c3ccccn3)[c-]cc2-c2ccccc21.O=C1c2cc(-c3ccccn3)[c-]cc2-c2ccccc21.[Ir]. The van der Waals surface area contributed by atoms with Gasteiger partial charge in [0.15, 0.2) is 17.3 Å². The summed E-state index contributed by atoms with van der Waals surface area (Å²) in [4.78, 5) is 43.5. The van der Waals surface area contributed by atoms with Gasteiger partial charge in [-0.3, -0.25) is 14.4 Å². The smallest absolute Gasteiger partial charge is 0.175 e. The molecule has 1 radical (unpaired) electrons. The minimum Gasteiger partial charge on any atom is -0.512 e. The van der Waals surface area contributed by atoms with Crippen molar-refractivity contribution in [3.8, 4) is 44.8 Å². The van der Waals surface area contributed by atoms with Crippen molar-refractivity contribution in [2.45, 2.75) is 13.8 Å². The molecular weight excluding hydrogens is 777 g/mol. The van der Waals surface area contributed by atoms with Gasteiger partial charge in [0, 0.05) is 49.7 Å². The number of hydrogen-bond acceptors (Lipinski definition) is 6. The normalized spacial score (nSPS) is 11.8. The van der Waals surface area contributed by atoms with Crippen LogP contribution in [0, 0.1) is 12.1 Å². The summed E-state index contributed by atoms with van der Waals surface area (Å²) in [5.41, 5.74) is 10.3. The predicted octanol–water partition coefficient (Wildman–Crippen LogP) is 8.56. The first-order valence-corrected chi connectivity index (χ1v) is 14.9. The van der Waals surface area contributed by atoms with Crippen molar-refractivity contribution in [3.63, 3.8) is 0 Å². The van der Waals surface area contributed by atoms with Crippen molar-refractivity contribution >= 4 is 17.3 Å². The molecule has 0 saturated heterocycles. The van der Waals surface area contributed by atoms with E-state index in [4.69, 9.17) is 5.11 Å². The van der Waals surface area contributed by atoms with Gasteiger partial charge in [-0.05, 0) is 48.5 Å². The number of aliphatic hydroxyl groups excluding tert-OH is 1. The molecule has 8 rings (SSSR count). The number of pyridine rings is 2. The Morgan fingerprint density at radius 3 is 1.31 bits per heavy atom. The third-order valence-corrected chi connectivity index (χ3v) is 7.61. The van der Waals surface area contributed by atoms with Crippen LogP contribution in [0.15, 0.2) is 133 Å². The van der Waals surface area contributed by atoms with Crippen LogP contribution < -0.4 is 0 Å². The molecule has 0 saturated carbocycles. The molecule has 6 nitrogen and oxygen atoms in total. The summed E-state index contributed by atoms with van der Waals surface area (Å²) in [6.45, 7) is 2.85. The molecule has 7 heteroatoms. The maximum Gasteiger partial charge on any atom is 0.175 e. The number of benzene rings is 4. The first-order valence-electron chi connectivity index (χ1n) is 14.9. The summed E-state index contributed by atoms with van der Waals surface area (Å²) in [5.74, 6) is 0.107. The van der Waals surface area contributed by atoms with Crippen LogP contribution >= 0.6 is 0 Å². The summed E-state index contributed by atoms with van der Waals surface area (Å²) < 4.78 is 0. The van der Waals surface area contributed by atoms with Gasteiger partial charge >= 0.3 is 0 Å². The van der Waals surface area contributed by atoms with Gasteiger partial charge in [0.1, 0.15) is 0 Å². The molecule has 4 aromatic carbocycles. The molecule has 2 aliphatic carbocycles. The molecule has 48 heavy (non-hydrogen) atoms. The van der Waals surface area contributed by atoms with Gasteiger partial charge < -0.3 is 15.1 Å². The molecule has 0 aliphatic heterocycles. The van der Waals surface area contributed by atoms with Gasteiger partial charge in [-0.25, -0.2) is 0 Å². The number of aliphatic hydroxyl groups is 1. The Labute approximate surface area is 292 Å². The van der Waals surface area contributed by atoms with E-state index < -0.39 is 0 Å². The summed E-state index contributed by atoms with van der Waals surface area (Å²) in [7, 11) is 0. The number of rotatable bonds is 3. The summed E-state index contributed by atoms with van der Waals surface area (Å²) in [6, 6.07) is 40.9. The minimum atomic E-state index is -0.125. The second kappa shape index (κ2) is 14.9. The van der Waals surface area contributed by atoms with E-state index in [0.29, 0.717) is 0 Å². The Kier molecular flexibility index (Phi) is 10.4. The first kappa shape index (κ1) is 33.7. The molecule has 0 unspecified atom stereocenters. The number of fused-ring (bicyclic) bond motifs is 6. The second-order valence-corrected chi connectivity index (χ2v) is 10.9. The molecular formula is C41H28IrN2O4-2. The number of aromatic nitrogens is 2. The van der Waals surface area contributed by atoms with Crippen LogP contribution in [0.4, 0.5) is 0 Å². The van der Waals surface area contributed by atoms with Crippen LogP contribution in [0.2, 0.25) is 0 Å². The zero-order valence-electron chi connectivity index (χ0n) is 26.0. The minimum absolute atomic E-state index is 0. The van der Waals surface area contributed by atoms with Crippen LogP contribution in [0.1, 0.15) is 45.7 Å². The maximum atomic E-state index is 12.4. The number of hydrogen-bond donors (Lipinski definition) is 1. The molecule has 2 aliphatic rings. The molecule has 0 amide bonds. The predicted molar refractivity (Wildman–Crippen MR) is 182 cm³/mol. The fourth-order valence-electron chi connectivity index (χ4n) is 5.56. The van der Waals surface area contributed by atoms with Crippen LogP contribution in [0.25, 0.3) is 44.8 Å². The topological polar surface area (TPSA) is 97.2 Å². The van der Waals surface area contributed by atoms with Gasteiger partial charge in [-0.2, -0.15) is 0 Å². The van der Waals surface area contributed by atoms with E-state index in [1.54, 1.807) is 12.4 Å². The average Bonchev–Trinajstić information content (AvgIpc) is 3.55. The number of nitrogens with zero attached hydrogens (tertiary/aromatic N) is 2. The van der Waals surface area contributed by atoms with Gasteiger partial charge in [0.05, 0.1) is 5.76 Å². The van der Waals surface area contributed by atoms with Gasteiger partial charge in [-0.15, -0.1) is 47.5 Å². The zero-order chi connectivity index (χ0) is 32.9. The Hall–Kier alpha value is -5.62. The maximum absolute atomic E-state index is 12.4. The number of carbonyl (C=O) groups is 3. The summed E-state index contributed by atoms with van der Waals surface area (Å²) in [5, 5.41) is 8.36. The van der Waals surface area contributed by atoms with Gasteiger partial charge in [0.25, 0.3) is 0 Å². The fourth-order valence-corrected chi connectivity index (χ4v) is 5.56. The van der Waals surface area contributed by atoms with E-state index in [1.165, 1.54) is 19.9 Å². The largest absolute Gasteiger partial charge is 0.512 e. The number of allylic oxidation sites excluding steroid dienone is 2. The van der Waals surface area contributed by atoms with E-state index in [0.717, 1.165) is 67.0 Å². The summed E-state index contributed by atoms with van der Waals surface area (Å²) in [6.07, 6.45) is 4.65. The van der Waals surface area contributed by atoms with Crippen molar-refractivity contribution in [1.82, 2.24) is 9.97 Å². The molecule has 2 aromatic heterocycles. The van der Waals surface area contributed by atoms with Crippen molar-refractivity contribution in [2.24, 2.45) is 0 Å². The Morgan fingerprint density at radius 2 is 0.979 bits per heavy atom. The number of carbonyl (C=O) groups excluding carboxylic acids is 3. The summed E-state index contributed by atoms with van der Waals surface area (Å²) >= 11 is 0. The molecule has 0 fully saturated rings. The van der Waals surface area contributed by atoms with Crippen LogP contribution in [0.5, 0.6) is 0 Å². The van der Waals surface area contributed by atoms with Crippen LogP contribution in [-0.4, -0.2) is 32.4 Å². The standard InChI is InChI=1S/2C18H10NO.C5H8O2.Ir/c2*20-18-15-6-2-1-5-13(15)14-9-8-12(11-16(14)18)17-7-3-4-10-19-17;1-4(6)3-5(2)7;/h2*1-7,9-11H;3,6H,1-2H3;/q2*-1;;/b;;4-3-;. The van der Waals surface area contributed by atoms with E-state index in [-0.39, 0.29) is 43.2 Å². The van der Waals surface area contributed by atoms with E-state index >= 15 is 0 Å². The monoisotopic (exact) mass is 805 g/mol. The molecule has 0 spiro atoms. The van der Waals surface area contributed by atoms with Crippen LogP contribution in [0.3, 0.4) is 0 Å². The van der Waals surface area contributed by atoms with Crippen LogP contribution in [-0.2, 0) is 24.9 Å². The zero-order valence-corrected chi connectivity index (χ0v) is 28.4. The molecule has 237 valence electrons. The van der Waals surface area contributed by atoms with E-state index in [1.807, 2.05) is 109 Å². The fraction of sp³-hybridized carbons (Fsp3) is 0.0488. The third-order valence-electron chi connectivity index (χ3n) is 7.61. The van der Waals surface area contributed by atoms with Crippen molar-refractivity contribution < 1.29 is 39.6 Å². The van der Waals surface area contributed by atoms with Crippen molar-refractivity contribution in [1.29, 1.82) is 0 Å². The van der Waals surface area contributed by atoms with Crippen molar-refractivity contribution in [3.05, 3.63) is 168 Å². The molecule has 1 N–H and O–H groups in total. The van der Waals surface area contributed by atoms with E-state index in [9.17, 15) is 14.4 Å². The van der Waals surface area contributed by atoms with Crippen molar-refractivity contribution in [2.75, 3.05) is 0 Å². The Morgan fingerprint density at radius 1 is 0.583 bits per heavy atom. The quantitative estimate of drug-likeness (QED) is 0.109. The van der Waals surface area contributed by atoms with Gasteiger partial charge in [0.2, 0.25) is 0 Å². The second-order valence-electron chi connectivity index (χ2n) is 10.9. The molecule has 2 heterocycles. The molecule has 6 aromatic rings. The van der Waals surface area contributed by atoms with Gasteiger partial charge in [-0.1, -0.05) is 95.1 Å². The molecule has 0 bridgehead atoms. The van der Waals surface area contributed by atoms with E-state index in [2.05, 4.69) is 22.1 Å². The number of ketones is 3.